The molecule has 0 aliphatic rings. The Bertz CT molecular complexity index is 189. The van der Waals surface area contributed by atoms with Crippen molar-refractivity contribution >= 4 is 0 Å². The van der Waals surface area contributed by atoms with Crippen LogP contribution >= 0.6 is 0 Å². The molecule has 16 heavy (non-hydrogen) atoms. The van der Waals surface area contributed by atoms with Gasteiger partial charge in [-0.25, -0.2) is 0 Å². The predicted octanol–water partition coefficient (Wildman–Crippen LogP) is 1.70. The maximum absolute atomic E-state index is 11.7. The first kappa shape index (κ1) is 15.7. The predicted molar refractivity (Wildman–Crippen MR) is 55.3 cm³/mol. The van der Waals surface area contributed by atoms with Crippen molar-refractivity contribution in [2.75, 3.05) is 19.8 Å². The van der Waals surface area contributed by atoms with Crippen LogP contribution in [0.3, 0.4) is 0 Å². The van der Waals surface area contributed by atoms with E-state index in [4.69, 9.17) is 4.74 Å². The van der Waals surface area contributed by atoms with Gasteiger partial charge in [-0.1, -0.05) is 0 Å². The third kappa shape index (κ3) is 11.7. The Morgan fingerprint density at radius 3 is 2.25 bits per heavy atom. The summed E-state index contributed by atoms with van der Waals surface area (Å²) in [4.78, 5) is 0. The minimum absolute atomic E-state index is 0.0842. The second-order valence-corrected chi connectivity index (χ2v) is 4.72. The van der Waals surface area contributed by atoms with E-state index in [2.05, 4.69) is 5.32 Å². The van der Waals surface area contributed by atoms with Gasteiger partial charge in [0.25, 0.3) is 0 Å². The zero-order valence-electron chi connectivity index (χ0n) is 9.90. The summed E-state index contributed by atoms with van der Waals surface area (Å²) in [5.41, 5.74) is -0.132. The van der Waals surface area contributed by atoms with Crippen LogP contribution in [0.25, 0.3) is 0 Å². The largest absolute Gasteiger partial charge is 0.391 e. The van der Waals surface area contributed by atoms with Crippen molar-refractivity contribution in [3.63, 3.8) is 0 Å². The lowest BCUT2D eigenvalue weighted by Crippen LogP contribution is -2.42. The van der Waals surface area contributed by atoms with Crippen molar-refractivity contribution in [2.24, 2.45) is 0 Å². The first-order chi connectivity index (χ1) is 7.10. The van der Waals surface area contributed by atoms with Gasteiger partial charge in [0, 0.05) is 12.1 Å². The van der Waals surface area contributed by atoms with Gasteiger partial charge >= 0.3 is 6.18 Å². The molecule has 0 spiro atoms. The Kier molecular flexibility index (Phi) is 6.28. The smallest absolute Gasteiger partial charge is 0.389 e. The van der Waals surface area contributed by atoms with E-state index in [1.54, 1.807) is 0 Å². The van der Waals surface area contributed by atoms with E-state index in [9.17, 15) is 18.3 Å². The van der Waals surface area contributed by atoms with E-state index in [1.807, 2.05) is 20.8 Å². The van der Waals surface area contributed by atoms with E-state index >= 15 is 0 Å². The van der Waals surface area contributed by atoms with Crippen LogP contribution in [0.4, 0.5) is 13.2 Å². The SMILES string of the molecule is CC(C)(C)NCC(O)COCCC(F)(F)F. The Morgan fingerprint density at radius 2 is 1.81 bits per heavy atom. The molecule has 2 N–H and O–H groups in total. The number of β-amino-alcohol motifs (C(OH)–C–C–N with tert-alkyl or cyclic N) is 1. The third-order valence-corrected chi connectivity index (χ3v) is 1.71. The molecule has 0 fully saturated rings. The van der Waals surface area contributed by atoms with Crippen molar-refractivity contribution in [3.8, 4) is 0 Å². The number of aliphatic hydroxyl groups excluding tert-OH is 1. The fourth-order valence-corrected chi connectivity index (χ4v) is 0.890. The first-order valence-electron chi connectivity index (χ1n) is 5.18. The number of ether oxygens (including phenoxy) is 1. The summed E-state index contributed by atoms with van der Waals surface area (Å²) in [7, 11) is 0. The van der Waals surface area contributed by atoms with Crippen molar-refractivity contribution in [1.29, 1.82) is 0 Å². The van der Waals surface area contributed by atoms with Gasteiger partial charge in [0.05, 0.1) is 25.7 Å². The van der Waals surface area contributed by atoms with Gasteiger partial charge in [-0.3, -0.25) is 0 Å². The minimum atomic E-state index is -4.20. The summed E-state index contributed by atoms with van der Waals surface area (Å²) >= 11 is 0. The van der Waals surface area contributed by atoms with Crippen LogP contribution in [0.1, 0.15) is 27.2 Å². The number of nitrogens with one attached hydrogen (secondary N) is 1. The highest BCUT2D eigenvalue weighted by Gasteiger charge is 2.26. The molecule has 1 atom stereocenters. The molecule has 0 amide bonds. The van der Waals surface area contributed by atoms with Crippen molar-refractivity contribution in [3.05, 3.63) is 0 Å². The monoisotopic (exact) mass is 243 g/mol. The Hall–Kier alpha value is -0.330. The van der Waals surface area contributed by atoms with E-state index in [0.717, 1.165) is 0 Å². The molecule has 98 valence electrons. The number of hydrogen-bond donors (Lipinski definition) is 2. The second kappa shape index (κ2) is 6.42. The summed E-state index contributed by atoms with van der Waals surface area (Å²) in [5, 5.41) is 12.4. The fourth-order valence-electron chi connectivity index (χ4n) is 0.890. The van der Waals surface area contributed by atoms with Crippen molar-refractivity contribution < 1.29 is 23.0 Å². The van der Waals surface area contributed by atoms with E-state index in [1.165, 1.54) is 0 Å². The van der Waals surface area contributed by atoms with Gasteiger partial charge in [-0.05, 0) is 20.8 Å². The number of alkyl halides is 3. The van der Waals surface area contributed by atoms with Gasteiger partial charge in [0.1, 0.15) is 0 Å². The molecular formula is C10H20F3NO2. The highest BCUT2D eigenvalue weighted by Crippen LogP contribution is 2.18. The molecule has 6 heteroatoms. The van der Waals surface area contributed by atoms with Gasteiger partial charge < -0.3 is 15.2 Å². The van der Waals surface area contributed by atoms with Crippen molar-refractivity contribution in [1.82, 2.24) is 5.32 Å². The van der Waals surface area contributed by atoms with Gasteiger partial charge in [-0.2, -0.15) is 13.2 Å². The number of hydrogen-bond acceptors (Lipinski definition) is 3. The molecule has 0 radical (unpaired) electrons. The molecule has 0 heterocycles. The first-order valence-corrected chi connectivity index (χ1v) is 5.18. The van der Waals surface area contributed by atoms with Gasteiger partial charge in [0.15, 0.2) is 0 Å². The molecule has 0 aliphatic heterocycles. The van der Waals surface area contributed by atoms with Crippen LogP contribution < -0.4 is 5.32 Å². The highest BCUT2D eigenvalue weighted by atomic mass is 19.4. The minimum Gasteiger partial charge on any atom is -0.389 e. The lowest BCUT2D eigenvalue weighted by molar-refractivity contribution is -0.147. The quantitative estimate of drug-likeness (QED) is 0.698. The number of rotatable bonds is 6. The molecule has 0 rings (SSSR count). The summed E-state index contributed by atoms with van der Waals surface area (Å²) in [6.45, 7) is 5.61. The summed E-state index contributed by atoms with van der Waals surface area (Å²) < 4.78 is 39.9. The second-order valence-electron chi connectivity index (χ2n) is 4.72. The number of halogens is 3. The summed E-state index contributed by atoms with van der Waals surface area (Å²) in [6, 6.07) is 0. The Balaban J connectivity index is 3.48. The molecule has 1 unspecified atom stereocenters. The number of aliphatic hydroxyl groups is 1. The topological polar surface area (TPSA) is 41.5 Å². The maximum Gasteiger partial charge on any atom is 0.391 e. The van der Waals surface area contributed by atoms with E-state index < -0.39 is 25.3 Å². The fraction of sp³-hybridized carbons (Fsp3) is 1.00. The molecule has 0 aromatic carbocycles. The normalized spacial score (nSPS) is 15.2. The van der Waals surface area contributed by atoms with Crippen LogP contribution in [-0.2, 0) is 4.74 Å². The van der Waals surface area contributed by atoms with Crippen LogP contribution in [0.15, 0.2) is 0 Å². The zero-order valence-corrected chi connectivity index (χ0v) is 9.90. The molecule has 0 saturated carbocycles. The average molecular weight is 243 g/mol. The average Bonchev–Trinajstić information content (AvgIpc) is 2.06. The standard InChI is InChI=1S/C10H20F3NO2/c1-9(2,3)14-6-8(15)7-16-5-4-10(11,12)13/h8,14-15H,4-7H2,1-3H3. The molecule has 0 aromatic heterocycles. The molecule has 0 aliphatic carbocycles. The van der Waals surface area contributed by atoms with Crippen LogP contribution in [0, 0.1) is 0 Å². The van der Waals surface area contributed by atoms with Crippen LogP contribution in [0.5, 0.6) is 0 Å². The van der Waals surface area contributed by atoms with E-state index in [-0.39, 0.29) is 12.1 Å². The Morgan fingerprint density at radius 1 is 1.25 bits per heavy atom. The summed E-state index contributed by atoms with van der Waals surface area (Å²) in [5.74, 6) is 0. The Labute approximate surface area is 94.0 Å². The van der Waals surface area contributed by atoms with Crippen molar-refractivity contribution in [2.45, 2.75) is 45.0 Å². The zero-order chi connectivity index (χ0) is 12.8. The molecule has 0 bridgehead atoms. The molecule has 3 nitrogen and oxygen atoms in total. The molecule has 0 saturated heterocycles. The summed E-state index contributed by atoms with van der Waals surface area (Å²) in [6.07, 6.45) is -5.96. The lowest BCUT2D eigenvalue weighted by Gasteiger charge is -2.22. The lowest BCUT2D eigenvalue weighted by atomic mass is 10.1. The third-order valence-electron chi connectivity index (χ3n) is 1.71. The van der Waals surface area contributed by atoms with Crippen LogP contribution in [-0.4, -0.2) is 42.7 Å². The highest BCUT2D eigenvalue weighted by molar-refractivity contribution is 4.72. The maximum atomic E-state index is 11.7. The molecular weight excluding hydrogens is 223 g/mol. The van der Waals surface area contributed by atoms with E-state index in [0.29, 0.717) is 6.54 Å². The molecule has 0 aromatic rings. The van der Waals surface area contributed by atoms with Gasteiger partial charge in [0.2, 0.25) is 0 Å². The van der Waals surface area contributed by atoms with Crippen LogP contribution in [0.2, 0.25) is 0 Å². The van der Waals surface area contributed by atoms with Gasteiger partial charge in [-0.15, -0.1) is 0 Å².